The summed E-state index contributed by atoms with van der Waals surface area (Å²) in [6.45, 7) is 3.72. The van der Waals surface area contributed by atoms with Gasteiger partial charge in [-0.1, -0.05) is 6.07 Å². The highest BCUT2D eigenvalue weighted by Crippen LogP contribution is 2.33. The van der Waals surface area contributed by atoms with Crippen LogP contribution in [0.25, 0.3) is 0 Å². The number of aromatic nitrogens is 1. The molecule has 2 heterocycles. The highest BCUT2D eigenvalue weighted by atomic mass is 32.2. The van der Waals surface area contributed by atoms with Crippen LogP contribution in [0.3, 0.4) is 0 Å². The predicted octanol–water partition coefficient (Wildman–Crippen LogP) is 1.33. The van der Waals surface area contributed by atoms with E-state index in [9.17, 15) is 14.4 Å². The zero-order chi connectivity index (χ0) is 18.4. The number of thioether (sulfide) groups is 1. The average Bonchev–Trinajstić information content (AvgIpc) is 2.52. The lowest BCUT2D eigenvalue weighted by Gasteiger charge is -2.39. The third-order valence-corrected chi connectivity index (χ3v) is 4.39. The maximum Gasteiger partial charge on any atom is 0.303 e. The van der Waals surface area contributed by atoms with Gasteiger partial charge in [0.05, 0.1) is 0 Å². The van der Waals surface area contributed by atoms with Gasteiger partial charge in [-0.15, -0.1) is 11.8 Å². The van der Waals surface area contributed by atoms with Crippen molar-refractivity contribution in [2.45, 2.75) is 44.5 Å². The minimum atomic E-state index is -0.972. The third kappa shape index (κ3) is 5.63. The van der Waals surface area contributed by atoms with Crippen LogP contribution in [0.5, 0.6) is 5.88 Å². The van der Waals surface area contributed by atoms with Crippen molar-refractivity contribution < 1.29 is 33.3 Å². The van der Waals surface area contributed by atoms with Gasteiger partial charge >= 0.3 is 17.9 Å². The fourth-order valence-corrected chi connectivity index (χ4v) is 3.55. The van der Waals surface area contributed by atoms with Crippen molar-refractivity contribution in [2.24, 2.45) is 0 Å². The van der Waals surface area contributed by atoms with Gasteiger partial charge in [0.15, 0.2) is 23.7 Å². The second-order valence-corrected chi connectivity index (χ2v) is 6.41. The van der Waals surface area contributed by atoms with E-state index in [1.807, 2.05) is 0 Å². The molecular formula is C16H19NO7S. The number of carbonyl (C=O) groups is 3. The Hall–Kier alpha value is -2.29. The first-order valence-electron chi connectivity index (χ1n) is 7.57. The lowest BCUT2D eigenvalue weighted by Crippen LogP contribution is -2.55. The van der Waals surface area contributed by atoms with Crippen molar-refractivity contribution in [3.8, 4) is 5.88 Å². The number of carbonyl (C=O) groups excluding carboxylic acids is 3. The second-order valence-electron chi connectivity index (χ2n) is 5.28. The highest BCUT2D eigenvalue weighted by molar-refractivity contribution is 7.99. The number of ether oxygens (including phenoxy) is 4. The summed E-state index contributed by atoms with van der Waals surface area (Å²) in [4.78, 5) is 38.4. The van der Waals surface area contributed by atoms with Crippen LogP contribution in [0, 0.1) is 0 Å². The van der Waals surface area contributed by atoms with Gasteiger partial charge < -0.3 is 18.9 Å². The monoisotopic (exact) mass is 369 g/mol. The molecule has 1 aromatic heterocycles. The van der Waals surface area contributed by atoms with Gasteiger partial charge in [-0.3, -0.25) is 14.4 Å². The van der Waals surface area contributed by atoms with Gasteiger partial charge in [-0.05, 0) is 6.07 Å². The quantitative estimate of drug-likeness (QED) is 0.562. The Bertz CT molecular complexity index is 624. The van der Waals surface area contributed by atoms with Crippen molar-refractivity contribution in [3.05, 3.63) is 24.4 Å². The molecule has 8 nitrogen and oxygen atoms in total. The second kappa shape index (κ2) is 8.70. The van der Waals surface area contributed by atoms with Crippen molar-refractivity contribution in [1.29, 1.82) is 0 Å². The van der Waals surface area contributed by atoms with E-state index in [-0.39, 0.29) is 0 Å². The Morgan fingerprint density at radius 3 is 2.20 bits per heavy atom. The fraction of sp³-hybridized carbons (Fsp3) is 0.500. The molecule has 1 fully saturated rings. The van der Waals surface area contributed by atoms with E-state index >= 15 is 0 Å². The molecule has 1 aromatic rings. The smallest absolute Gasteiger partial charge is 0.303 e. The van der Waals surface area contributed by atoms with Crippen LogP contribution in [-0.2, 0) is 28.6 Å². The standard InChI is InChI=1S/C16H19NO7S/c1-9(18)21-12-8-25-16(24-13-6-4-5-7-17-13)15(23-11(3)20)14(12)22-10(2)19/h4-7,12,14-16H,8H2,1-3H3/t12-,14+,15-,16?/m1/s1. The summed E-state index contributed by atoms with van der Waals surface area (Å²) in [6.07, 6.45) is -1.11. The molecule has 0 spiro atoms. The molecule has 0 saturated carbocycles. The van der Waals surface area contributed by atoms with E-state index in [1.54, 1.807) is 24.4 Å². The van der Waals surface area contributed by atoms with Gasteiger partial charge in [-0.2, -0.15) is 0 Å². The Morgan fingerprint density at radius 2 is 1.64 bits per heavy atom. The average molecular weight is 369 g/mol. The van der Waals surface area contributed by atoms with Gasteiger partial charge in [0.25, 0.3) is 0 Å². The van der Waals surface area contributed by atoms with E-state index < -0.39 is 41.7 Å². The lowest BCUT2D eigenvalue weighted by molar-refractivity contribution is -0.186. The minimum Gasteiger partial charge on any atom is -0.459 e. The molecule has 1 saturated heterocycles. The van der Waals surface area contributed by atoms with Gasteiger partial charge in [0.1, 0.15) is 0 Å². The highest BCUT2D eigenvalue weighted by Gasteiger charge is 2.47. The van der Waals surface area contributed by atoms with E-state index in [2.05, 4.69) is 4.98 Å². The van der Waals surface area contributed by atoms with Crippen molar-refractivity contribution in [3.63, 3.8) is 0 Å². The summed E-state index contributed by atoms with van der Waals surface area (Å²) in [7, 11) is 0. The number of rotatable bonds is 5. The number of hydrogen-bond acceptors (Lipinski definition) is 9. The first-order valence-corrected chi connectivity index (χ1v) is 8.62. The molecular weight excluding hydrogens is 350 g/mol. The number of hydrogen-bond donors (Lipinski definition) is 0. The largest absolute Gasteiger partial charge is 0.459 e. The van der Waals surface area contributed by atoms with Crippen LogP contribution < -0.4 is 4.74 Å². The maximum absolute atomic E-state index is 11.5. The van der Waals surface area contributed by atoms with E-state index in [0.717, 1.165) is 0 Å². The molecule has 0 aromatic carbocycles. The van der Waals surface area contributed by atoms with Crippen LogP contribution >= 0.6 is 11.8 Å². The summed E-state index contributed by atoms with van der Waals surface area (Å²) in [6, 6.07) is 5.15. The lowest BCUT2D eigenvalue weighted by atomic mass is 10.1. The van der Waals surface area contributed by atoms with Crippen molar-refractivity contribution >= 4 is 29.7 Å². The molecule has 1 unspecified atom stereocenters. The Kier molecular flexibility index (Phi) is 6.63. The number of esters is 3. The van der Waals surface area contributed by atoms with Crippen LogP contribution in [0.1, 0.15) is 20.8 Å². The first kappa shape index (κ1) is 19.0. The molecule has 25 heavy (non-hydrogen) atoms. The zero-order valence-electron chi connectivity index (χ0n) is 14.0. The van der Waals surface area contributed by atoms with Crippen molar-refractivity contribution in [2.75, 3.05) is 5.75 Å². The topological polar surface area (TPSA) is 101 Å². The number of nitrogens with zero attached hydrogens (tertiary/aromatic N) is 1. The molecule has 0 bridgehead atoms. The fourth-order valence-electron chi connectivity index (χ4n) is 2.35. The summed E-state index contributed by atoms with van der Waals surface area (Å²) in [5.41, 5.74) is -0.671. The Labute approximate surface area is 149 Å². The Morgan fingerprint density at radius 1 is 1.00 bits per heavy atom. The minimum absolute atomic E-state index is 0.312. The molecule has 2 rings (SSSR count). The van der Waals surface area contributed by atoms with E-state index in [0.29, 0.717) is 11.6 Å². The zero-order valence-corrected chi connectivity index (χ0v) is 14.9. The molecule has 136 valence electrons. The molecule has 0 radical (unpaired) electrons. The number of pyridine rings is 1. The summed E-state index contributed by atoms with van der Waals surface area (Å²) in [5.74, 6) is -1.02. The van der Waals surface area contributed by atoms with Crippen LogP contribution in [0.15, 0.2) is 24.4 Å². The summed E-state index contributed by atoms with van der Waals surface area (Å²) < 4.78 is 21.6. The normalized spacial score (nSPS) is 25.6. The third-order valence-electron chi connectivity index (χ3n) is 3.18. The Balaban J connectivity index is 2.25. The summed E-state index contributed by atoms with van der Waals surface area (Å²) >= 11 is 1.28. The van der Waals surface area contributed by atoms with Crippen LogP contribution in [0.4, 0.5) is 0 Å². The van der Waals surface area contributed by atoms with Gasteiger partial charge in [0, 0.05) is 38.8 Å². The van der Waals surface area contributed by atoms with Gasteiger partial charge in [0.2, 0.25) is 5.88 Å². The van der Waals surface area contributed by atoms with Crippen LogP contribution in [-0.4, -0.2) is 52.4 Å². The van der Waals surface area contributed by atoms with E-state index in [1.165, 1.54) is 32.5 Å². The first-order chi connectivity index (χ1) is 11.9. The molecule has 4 atom stereocenters. The van der Waals surface area contributed by atoms with E-state index in [4.69, 9.17) is 18.9 Å². The predicted molar refractivity (Wildman–Crippen MR) is 87.8 cm³/mol. The van der Waals surface area contributed by atoms with Gasteiger partial charge in [-0.25, -0.2) is 4.98 Å². The molecule has 9 heteroatoms. The van der Waals surface area contributed by atoms with Crippen LogP contribution in [0.2, 0.25) is 0 Å². The molecule has 1 aliphatic heterocycles. The maximum atomic E-state index is 11.5. The molecule has 1 aliphatic rings. The SMILES string of the molecule is CC(=O)O[C@H]1[C@H](OC(C)=O)CSC(Oc2ccccn2)[C@@H]1OC(C)=O. The molecule has 0 N–H and O–H groups in total. The van der Waals surface area contributed by atoms with Crippen molar-refractivity contribution in [1.82, 2.24) is 4.98 Å². The molecule has 0 amide bonds. The molecule has 0 aliphatic carbocycles. The summed E-state index contributed by atoms with van der Waals surface area (Å²) in [5, 5.41) is 0.